The fourth-order valence-electron chi connectivity index (χ4n) is 4.12. The van der Waals surface area contributed by atoms with E-state index < -0.39 is 29.8 Å². The molecule has 0 saturated carbocycles. The number of nitrogens with zero attached hydrogens (tertiary/aromatic N) is 1. The van der Waals surface area contributed by atoms with Gasteiger partial charge in [-0.15, -0.1) is 0 Å². The van der Waals surface area contributed by atoms with Gasteiger partial charge >= 0.3 is 11.9 Å². The first kappa shape index (κ1) is 29.6. The molecular weight excluding hydrogens is 500 g/mol. The molecule has 0 spiro atoms. The molecule has 2 unspecified atom stereocenters. The number of rotatable bonds is 9. The Morgan fingerprint density at radius 3 is 2.38 bits per heavy atom. The van der Waals surface area contributed by atoms with Gasteiger partial charge in [0.1, 0.15) is 13.2 Å². The summed E-state index contributed by atoms with van der Waals surface area (Å²) in [6.07, 6.45) is 5.20. The van der Waals surface area contributed by atoms with Crippen molar-refractivity contribution in [3.05, 3.63) is 83.9 Å². The Bertz CT molecular complexity index is 1100. The highest BCUT2D eigenvalue weighted by atomic mass is 16.6. The molecule has 208 valence electrons. The van der Waals surface area contributed by atoms with Gasteiger partial charge in [0, 0.05) is 25.9 Å². The Morgan fingerprint density at radius 2 is 1.69 bits per heavy atom. The number of hydrogen-bond donors (Lipinski definition) is 2. The van der Waals surface area contributed by atoms with Crippen molar-refractivity contribution >= 4 is 23.8 Å². The van der Waals surface area contributed by atoms with E-state index in [1.165, 1.54) is 4.90 Å². The van der Waals surface area contributed by atoms with Crippen LogP contribution in [0.3, 0.4) is 0 Å². The highest BCUT2D eigenvalue weighted by molar-refractivity contribution is 5.89. The number of aliphatic hydroxyl groups is 1. The number of carbonyl (C=O) groups is 4. The average molecular weight is 537 g/mol. The van der Waals surface area contributed by atoms with Crippen molar-refractivity contribution in [1.29, 1.82) is 0 Å². The Kier molecular flexibility index (Phi) is 12.2. The van der Waals surface area contributed by atoms with Gasteiger partial charge < -0.3 is 24.8 Å². The number of carbonyl (C=O) groups excluding carboxylic acids is 4. The molecule has 1 heterocycles. The predicted octanol–water partition coefficient (Wildman–Crippen LogP) is 2.92. The maximum absolute atomic E-state index is 13.3. The number of hydrogen-bond acceptors (Lipinski definition) is 7. The van der Waals surface area contributed by atoms with Crippen LogP contribution in [0.4, 0.5) is 0 Å². The summed E-state index contributed by atoms with van der Waals surface area (Å²) in [7, 11) is 0. The van der Waals surface area contributed by atoms with Gasteiger partial charge in [-0.25, -0.2) is 4.79 Å². The second kappa shape index (κ2) is 16.1. The molecule has 2 amide bonds. The van der Waals surface area contributed by atoms with Crippen LogP contribution in [0, 0.1) is 5.92 Å². The van der Waals surface area contributed by atoms with Crippen LogP contribution in [0.15, 0.2) is 72.8 Å². The third kappa shape index (κ3) is 10.4. The van der Waals surface area contributed by atoms with Crippen LogP contribution in [0.1, 0.15) is 43.2 Å². The molecule has 0 aromatic heterocycles. The smallest absolute Gasteiger partial charge is 0.332 e. The molecule has 1 aliphatic rings. The number of allylic oxidation sites excluding steroid dienone is 2. The maximum Gasteiger partial charge on any atom is 0.332 e. The Hall–Kier alpha value is -3.98. The van der Waals surface area contributed by atoms with Gasteiger partial charge in [0.2, 0.25) is 11.8 Å². The first-order chi connectivity index (χ1) is 19.0. The zero-order valence-corrected chi connectivity index (χ0v) is 22.0. The zero-order chi connectivity index (χ0) is 27.9. The van der Waals surface area contributed by atoms with Crippen molar-refractivity contribution in [2.24, 2.45) is 5.92 Å². The molecule has 0 saturated heterocycles. The third-order valence-corrected chi connectivity index (χ3v) is 6.31. The van der Waals surface area contributed by atoms with Crippen molar-refractivity contribution < 1.29 is 33.8 Å². The minimum Gasteiger partial charge on any atom is -0.463 e. The number of benzene rings is 2. The molecule has 2 atom stereocenters. The van der Waals surface area contributed by atoms with E-state index in [0.717, 1.165) is 11.1 Å². The van der Waals surface area contributed by atoms with Crippen molar-refractivity contribution in [2.45, 2.75) is 51.3 Å². The quantitative estimate of drug-likeness (QED) is 0.373. The number of ether oxygens (including phenoxy) is 2. The second-order valence-corrected chi connectivity index (χ2v) is 9.36. The largest absolute Gasteiger partial charge is 0.463 e. The summed E-state index contributed by atoms with van der Waals surface area (Å²) in [4.78, 5) is 53.1. The molecule has 0 aliphatic carbocycles. The lowest BCUT2D eigenvalue weighted by Gasteiger charge is -2.25. The van der Waals surface area contributed by atoms with E-state index in [9.17, 15) is 24.3 Å². The molecule has 2 aromatic rings. The SMILES string of the molecule is O=C1CCCC=CCC(CC(=O)N(CCO)Cc2ccccc2)C(=O)NC(C(=O)OCc2ccccc2)CO1. The lowest BCUT2D eigenvalue weighted by atomic mass is 9.98. The molecule has 0 radical (unpaired) electrons. The normalized spacial score (nSPS) is 18.5. The molecule has 0 fully saturated rings. The Morgan fingerprint density at radius 1 is 1.00 bits per heavy atom. The number of cyclic esters (lactones) is 1. The van der Waals surface area contributed by atoms with Crippen molar-refractivity contribution in [2.75, 3.05) is 19.8 Å². The maximum atomic E-state index is 13.3. The van der Waals surface area contributed by atoms with Gasteiger partial charge in [0.05, 0.1) is 12.5 Å². The lowest BCUT2D eigenvalue weighted by Crippen LogP contribution is -2.48. The number of amides is 2. The monoisotopic (exact) mass is 536 g/mol. The van der Waals surface area contributed by atoms with Crippen molar-refractivity contribution in [1.82, 2.24) is 10.2 Å². The molecule has 9 nitrogen and oxygen atoms in total. The van der Waals surface area contributed by atoms with Gasteiger partial charge in [-0.3, -0.25) is 14.4 Å². The lowest BCUT2D eigenvalue weighted by molar-refractivity contribution is -0.155. The number of aliphatic hydroxyl groups excluding tert-OH is 1. The van der Waals surface area contributed by atoms with E-state index in [1.807, 2.05) is 60.7 Å². The molecule has 0 bridgehead atoms. The molecule has 3 rings (SSSR count). The van der Waals surface area contributed by atoms with Gasteiger partial charge in [-0.1, -0.05) is 72.8 Å². The fraction of sp³-hybridized carbons (Fsp3) is 0.400. The summed E-state index contributed by atoms with van der Waals surface area (Å²) in [6, 6.07) is 17.3. The average Bonchev–Trinajstić information content (AvgIpc) is 2.96. The molecule has 39 heavy (non-hydrogen) atoms. The third-order valence-electron chi connectivity index (χ3n) is 6.31. The molecule has 9 heteroatoms. The minimum absolute atomic E-state index is 0.000246. The van der Waals surface area contributed by atoms with Gasteiger partial charge in [-0.05, 0) is 30.4 Å². The van der Waals surface area contributed by atoms with Crippen LogP contribution in [0.2, 0.25) is 0 Å². The van der Waals surface area contributed by atoms with Crippen LogP contribution < -0.4 is 5.32 Å². The van der Waals surface area contributed by atoms with Crippen molar-refractivity contribution in [3.8, 4) is 0 Å². The first-order valence-electron chi connectivity index (χ1n) is 13.2. The highest BCUT2D eigenvalue weighted by Gasteiger charge is 2.30. The number of esters is 2. The topological polar surface area (TPSA) is 122 Å². The van der Waals surface area contributed by atoms with E-state index in [-0.39, 0.29) is 51.5 Å². The Labute approximate surface area is 228 Å². The van der Waals surface area contributed by atoms with Gasteiger partial charge in [-0.2, -0.15) is 0 Å². The zero-order valence-electron chi connectivity index (χ0n) is 22.0. The van der Waals surface area contributed by atoms with Crippen LogP contribution in [0.25, 0.3) is 0 Å². The standard InChI is InChI=1S/C30H36N2O7/c33-18-17-32(20-23-11-5-3-6-12-23)27(34)19-25-15-9-1-2-10-16-28(35)38-22-26(31-29(25)36)30(37)39-21-24-13-7-4-8-14-24/h1,3-9,11-14,25-26,33H,2,10,15-22H2,(H,31,36). The minimum atomic E-state index is -1.22. The summed E-state index contributed by atoms with van der Waals surface area (Å²) in [5, 5.41) is 12.2. The van der Waals surface area contributed by atoms with Crippen LogP contribution in [-0.4, -0.2) is 59.6 Å². The summed E-state index contributed by atoms with van der Waals surface area (Å²) in [6.45, 7) is -0.148. The predicted molar refractivity (Wildman–Crippen MR) is 144 cm³/mol. The van der Waals surface area contributed by atoms with Gasteiger partial charge in [0.15, 0.2) is 6.04 Å². The van der Waals surface area contributed by atoms with E-state index in [0.29, 0.717) is 19.4 Å². The summed E-state index contributed by atoms with van der Waals surface area (Å²) in [5.41, 5.74) is 1.68. The fourth-order valence-corrected chi connectivity index (χ4v) is 4.12. The van der Waals surface area contributed by atoms with E-state index in [4.69, 9.17) is 9.47 Å². The summed E-state index contributed by atoms with van der Waals surface area (Å²) < 4.78 is 10.7. The second-order valence-electron chi connectivity index (χ2n) is 9.36. The van der Waals surface area contributed by atoms with Crippen LogP contribution >= 0.6 is 0 Å². The Balaban J connectivity index is 1.72. The molecular formula is C30H36N2O7. The molecule has 2 N–H and O–H groups in total. The van der Waals surface area contributed by atoms with E-state index in [2.05, 4.69) is 5.32 Å². The van der Waals surface area contributed by atoms with Gasteiger partial charge in [0.25, 0.3) is 0 Å². The van der Waals surface area contributed by atoms with Crippen LogP contribution in [-0.2, 0) is 41.8 Å². The first-order valence-corrected chi connectivity index (χ1v) is 13.2. The molecule has 2 aromatic carbocycles. The summed E-state index contributed by atoms with van der Waals surface area (Å²) >= 11 is 0. The van der Waals surface area contributed by atoms with Crippen LogP contribution in [0.5, 0.6) is 0 Å². The number of nitrogens with one attached hydrogen (secondary N) is 1. The van der Waals surface area contributed by atoms with E-state index in [1.54, 1.807) is 12.1 Å². The van der Waals surface area contributed by atoms with E-state index >= 15 is 0 Å². The van der Waals surface area contributed by atoms with Crippen molar-refractivity contribution in [3.63, 3.8) is 0 Å². The molecule has 1 aliphatic heterocycles. The highest BCUT2D eigenvalue weighted by Crippen LogP contribution is 2.16. The summed E-state index contributed by atoms with van der Waals surface area (Å²) in [5.74, 6) is -2.79.